The highest BCUT2D eigenvalue weighted by atomic mass is 14.8. The zero-order valence-electron chi connectivity index (χ0n) is 6.96. The van der Waals surface area contributed by atoms with Gasteiger partial charge < -0.3 is 5.32 Å². The summed E-state index contributed by atoms with van der Waals surface area (Å²) < 4.78 is 0. The lowest BCUT2D eigenvalue weighted by Crippen LogP contribution is -2.13. The number of rotatable bonds is 4. The third-order valence-corrected chi connectivity index (χ3v) is 1.59. The molecule has 0 saturated heterocycles. The van der Waals surface area contributed by atoms with Crippen molar-refractivity contribution in [3.8, 4) is 6.07 Å². The Hall–Kier alpha value is -1.33. The molecule has 0 heterocycles. The Labute approximate surface area is 72.8 Å². The minimum atomic E-state index is 0.576. The van der Waals surface area contributed by atoms with Crippen LogP contribution in [0.25, 0.3) is 0 Å². The molecule has 2 nitrogen and oxygen atoms in total. The molecule has 0 aliphatic rings. The Morgan fingerprint density at radius 2 is 2.00 bits per heavy atom. The molecule has 1 aromatic carbocycles. The molecule has 0 aliphatic heterocycles. The zero-order valence-corrected chi connectivity index (χ0v) is 6.96. The third-order valence-electron chi connectivity index (χ3n) is 1.59. The summed E-state index contributed by atoms with van der Waals surface area (Å²) in [6.07, 6.45) is 0.576. The van der Waals surface area contributed by atoms with Crippen molar-refractivity contribution in [1.29, 1.82) is 5.26 Å². The molecule has 0 fully saturated rings. The van der Waals surface area contributed by atoms with E-state index in [2.05, 4.69) is 23.5 Å². The molecule has 0 saturated carbocycles. The molecule has 0 atom stereocenters. The van der Waals surface area contributed by atoms with E-state index < -0.39 is 0 Å². The lowest BCUT2D eigenvalue weighted by Gasteiger charge is -2.00. The van der Waals surface area contributed by atoms with Crippen LogP contribution in [0, 0.1) is 11.3 Å². The van der Waals surface area contributed by atoms with Gasteiger partial charge in [0, 0.05) is 19.5 Å². The molecule has 62 valence electrons. The van der Waals surface area contributed by atoms with Crippen molar-refractivity contribution >= 4 is 0 Å². The van der Waals surface area contributed by atoms with E-state index >= 15 is 0 Å². The molecule has 0 amide bonds. The maximum Gasteiger partial charge on any atom is 0.0635 e. The molecular weight excluding hydrogens is 148 g/mol. The summed E-state index contributed by atoms with van der Waals surface area (Å²) in [5.74, 6) is 0. The SMILES string of the molecule is N#CCCNCc1ccccc1. The summed E-state index contributed by atoms with van der Waals surface area (Å²) >= 11 is 0. The molecule has 0 aromatic heterocycles. The molecular formula is C10H12N2. The average molecular weight is 160 g/mol. The van der Waals surface area contributed by atoms with Gasteiger partial charge in [-0.2, -0.15) is 5.26 Å². The summed E-state index contributed by atoms with van der Waals surface area (Å²) in [6.45, 7) is 1.62. The van der Waals surface area contributed by atoms with E-state index in [1.807, 2.05) is 18.2 Å². The van der Waals surface area contributed by atoms with Gasteiger partial charge in [-0.3, -0.25) is 0 Å². The van der Waals surface area contributed by atoms with Gasteiger partial charge >= 0.3 is 0 Å². The second kappa shape index (κ2) is 5.34. The quantitative estimate of drug-likeness (QED) is 0.680. The molecule has 0 unspecified atom stereocenters. The molecule has 1 N–H and O–H groups in total. The van der Waals surface area contributed by atoms with Crippen LogP contribution in [0.2, 0.25) is 0 Å². The van der Waals surface area contributed by atoms with Crippen molar-refractivity contribution in [3.05, 3.63) is 35.9 Å². The van der Waals surface area contributed by atoms with Crippen LogP contribution in [0.3, 0.4) is 0 Å². The first-order valence-corrected chi connectivity index (χ1v) is 4.05. The predicted molar refractivity (Wildman–Crippen MR) is 48.4 cm³/mol. The first-order valence-electron chi connectivity index (χ1n) is 4.05. The number of nitriles is 1. The van der Waals surface area contributed by atoms with Gasteiger partial charge in [-0.1, -0.05) is 30.3 Å². The number of hydrogen-bond donors (Lipinski definition) is 1. The summed E-state index contributed by atoms with van der Waals surface area (Å²) in [7, 11) is 0. The highest BCUT2D eigenvalue weighted by Crippen LogP contribution is 1.96. The van der Waals surface area contributed by atoms with E-state index in [1.54, 1.807) is 0 Å². The van der Waals surface area contributed by atoms with Crippen molar-refractivity contribution in [2.24, 2.45) is 0 Å². The van der Waals surface area contributed by atoms with E-state index in [9.17, 15) is 0 Å². The van der Waals surface area contributed by atoms with Crippen LogP contribution >= 0.6 is 0 Å². The van der Waals surface area contributed by atoms with Gasteiger partial charge in [-0.05, 0) is 5.56 Å². The van der Waals surface area contributed by atoms with Crippen LogP contribution in [-0.4, -0.2) is 6.54 Å². The molecule has 0 radical (unpaired) electrons. The van der Waals surface area contributed by atoms with E-state index in [0.29, 0.717) is 6.42 Å². The van der Waals surface area contributed by atoms with Crippen molar-refractivity contribution in [2.45, 2.75) is 13.0 Å². The van der Waals surface area contributed by atoms with E-state index in [0.717, 1.165) is 13.1 Å². The van der Waals surface area contributed by atoms with Gasteiger partial charge in [0.25, 0.3) is 0 Å². The minimum Gasteiger partial charge on any atom is -0.312 e. The molecule has 2 heteroatoms. The minimum absolute atomic E-state index is 0.576. The first kappa shape index (κ1) is 8.76. The Morgan fingerprint density at radius 1 is 1.25 bits per heavy atom. The normalized spacial score (nSPS) is 9.25. The first-order chi connectivity index (χ1) is 5.93. The fraction of sp³-hybridized carbons (Fsp3) is 0.300. The smallest absolute Gasteiger partial charge is 0.0635 e. The van der Waals surface area contributed by atoms with E-state index in [1.165, 1.54) is 5.56 Å². The van der Waals surface area contributed by atoms with Gasteiger partial charge in [-0.15, -0.1) is 0 Å². The van der Waals surface area contributed by atoms with Crippen LogP contribution < -0.4 is 5.32 Å². The Bertz CT molecular complexity index is 248. The number of hydrogen-bond acceptors (Lipinski definition) is 2. The van der Waals surface area contributed by atoms with E-state index in [-0.39, 0.29) is 0 Å². The second-order valence-corrected chi connectivity index (χ2v) is 2.57. The molecule has 0 aliphatic carbocycles. The monoisotopic (exact) mass is 160 g/mol. The summed E-state index contributed by atoms with van der Waals surface area (Å²) in [6, 6.07) is 12.3. The van der Waals surface area contributed by atoms with Gasteiger partial charge in [0.05, 0.1) is 6.07 Å². The standard InChI is InChI=1S/C10H12N2/c11-7-4-8-12-9-10-5-2-1-3-6-10/h1-3,5-6,12H,4,8-9H2. The average Bonchev–Trinajstić information content (AvgIpc) is 2.14. The van der Waals surface area contributed by atoms with Gasteiger partial charge in [-0.25, -0.2) is 0 Å². The second-order valence-electron chi connectivity index (χ2n) is 2.57. The molecule has 1 aromatic rings. The zero-order chi connectivity index (χ0) is 8.65. The van der Waals surface area contributed by atoms with Crippen molar-refractivity contribution in [2.75, 3.05) is 6.54 Å². The summed E-state index contributed by atoms with van der Waals surface area (Å²) in [5.41, 5.74) is 1.26. The topological polar surface area (TPSA) is 35.8 Å². The molecule has 0 bridgehead atoms. The lowest BCUT2D eigenvalue weighted by atomic mass is 10.2. The summed E-state index contributed by atoms with van der Waals surface area (Å²) in [4.78, 5) is 0. The van der Waals surface area contributed by atoms with Gasteiger partial charge in [0.2, 0.25) is 0 Å². The Morgan fingerprint density at radius 3 is 2.67 bits per heavy atom. The van der Waals surface area contributed by atoms with E-state index in [4.69, 9.17) is 5.26 Å². The lowest BCUT2D eigenvalue weighted by molar-refractivity contribution is 0.699. The van der Waals surface area contributed by atoms with Crippen molar-refractivity contribution in [3.63, 3.8) is 0 Å². The van der Waals surface area contributed by atoms with Crippen LogP contribution in [0.15, 0.2) is 30.3 Å². The van der Waals surface area contributed by atoms with Gasteiger partial charge in [0.15, 0.2) is 0 Å². The Balaban J connectivity index is 2.21. The Kier molecular flexibility index (Phi) is 3.90. The van der Waals surface area contributed by atoms with Crippen LogP contribution in [0.1, 0.15) is 12.0 Å². The van der Waals surface area contributed by atoms with Crippen LogP contribution in [-0.2, 0) is 6.54 Å². The maximum atomic E-state index is 8.27. The van der Waals surface area contributed by atoms with Gasteiger partial charge in [0.1, 0.15) is 0 Å². The predicted octanol–water partition coefficient (Wildman–Crippen LogP) is 1.69. The third kappa shape index (κ3) is 3.18. The number of benzene rings is 1. The van der Waals surface area contributed by atoms with Crippen molar-refractivity contribution < 1.29 is 0 Å². The summed E-state index contributed by atoms with van der Waals surface area (Å²) in [5, 5.41) is 11.5. The largest absolute Gasteiger partial charge is 0.312 e. The highest BCUT2D eigenvalue weighted by molar-refractivity contribution is 5.14. The van der Waals surface area contributed by atoms with Crippen LogP contribution in [0.5, 0.6) is 0 Å². The highest BCUT2D eigenvalue weighted by Gasteiger charge is 1.88. The number of nitrogens with zero attached hydrogens (tertiary/aromatic N) is 1. The molecule has 1 rings (SSSR count). The maximum absolute atomic E-state index is 8.27. The fourth-order valence-corrected chi connectivity index (χ4v) is 0.973. The number of nitrogens with one attached hydrogen (secondary N) is 1. The van der Waals surface area contributed by atoms with Crippen molar-refractivity contribution in [1.82, 2.24) is 5.32 Å². The molecule has 12 heavy (non-hydrogen) atoms. The fourth-order valence-electron chi connectivity index (χ4n) is 0.973. The van der Waals surface area contributed by atoms with Crippen LogP contribution in [0.4, 0.5) is 0 Å². The molecule has 0 spiro atoms.